The Kier molecular flexibility index (Phi) is 2.29. The van der Waals surface area contributed by atoms with Gasteiger partial charge in [-0.25, -0.2) is 9.78 Å². The third-order valence-corrected chi connectivity index (χ3v) is 1.18. The van der Waals surface area contributed by atoms with Crippen LogP contribution in [0, 0.1) is 12.3 Å². The van der Waals surface area contributed by atoms with Crippen molar-refractivity contribution < 1.29 is 4.79 Å². The molecule has 0 fully saturated rings. The van der Waals surface area contributed by atoms with E-state index in [1.807, 2.05) is 0 Å². The largest absolute Gasteiger partial charge is 0.351 e. The van der Waals surface area contributed by atoms with E-state index in [2.05, 4.69) is 16.2 Å². The normalized spacial score (nSPS) is 8.58. The van der Waals surface area contributed by atoms with Gasteiger partial charge in [-0.2, -0.15) is 0 Å². The van der Waals surface area contributed by atoms with Crippen molar-refractivity contribution in [2.75, 3.05) is 5.32 Å². The number of nitrogens with zero attached hydrogens (tertiary/aromatic N) is 1. The van der Waals surface area contributed by atoms with Crippen LogP contribution in [0.1, 0.15) is 5.69 Å². The lowest BCUT2D eigenvalue weighted by Crippen LogP contribution is -2.19. The van der Waals surface area contributed by atoms with Gasteiger partial charge in [-0.1, -0.05) is 5.92 Å². The quantitative estimate of drug-likeness (QED) is 0.590. The molecule has 1 rings (SSSR count). The van der Waals surface area contributed by atoms with Gasteiger partial charge in [0.25, 0.3) is 0 Å². The van der Waals surface area contributed by atoms with E-state index in [-0.39, 0.29) is 0 Å². The lowest BCUT2D eigenvalue weighted by molar-refractivity contribution is 0.259. The smallest absolute Gasteiger partial charge is 0.316 e. The Morgan fingerprint density at radius 1 is 1.67 bits per heavy atom. The maximum absolute atomic E-state index is 10.4. The van der Waals surface area contributed by atoms with Gasteiger partial charge in [0.1, 0.15) is 5.69 Å². The first-order valence-corrected chi connectivity index (χ1v) is 3.21. The SMILES string of the molecule is C#Cc1ccc(NC(N)=O)cn1. The van der Waals surface area contributed by atoms with Crippen molar-refractivity contribution in [2.45, 2.75) is 0 Å². The first-order chi connectivity index (χ1) is 5.72. The van der Waals surface area contributed by atoms with E-state index in [1.54, 1.807) is 12.1 Å². The fourth-order valence-electron chi connectivity index (χ4n) is 0.695. The third kappa shape index (κ3) is 1.99. The average Bonchev–Trinajstić information content (AvgIpc) is 2.05. The number of anilines is 1. The van der Waals surface area contributed by atoms with Gasteiger partial charge in [0.2, 0.25) is 0 Å². The summed E-state index contributed by atoms with van der Waals surface area (Å²) in [6.45, 7) is 0. The average molecular weight is 161 g/mol. The fraction of sp³-hybridized carbons (Fsp3) is 0. The second-order valence-corrected chi connectivity index (χ2v) is 2.07. The van der Waals surface area contributed by atoms with E-state index in [9.17, 15) is 4.79 Å². The number of carbonyl (C=O) groups excluding carboxylic acids is 1. The summed E-state index contributed by atoms with van der Waals surface area (Å²) in [7, 11) is 0. The minimum Gasteiger partial charge on any atom is -0.351 e. The zero-order valence-electron chi connectivity index (χ0n) is 6.24. The zero-order valence-corrected chi connectivity index (χ0v) is 6.24. The van der Waals surface area contributed by atoms with E-state index >= 15 is 0 Å². The fourth-order valence-corrected chi connectivity index (χ4v) is 0.695. The standard InChI is InChI=1S/C8H7N3O/c1-2-6-3-4-7(5-10-6)11-8(9)12/h1,3-5H,(H3,9,11,12). The number of rotatable bonds is 1. The molecule has 0 saturated heterocycles. The molecule has 0 aliphatic rings. The maximum atomic E-state index is 10.4. The highest BCUT2D eigenvalue weighted by molar-refractivity contribution is 5.87. The van der Waals surface area contributed by atoms with E-state index in [0.717, 1.165) is 0 Å². The molecular weight excluding hydrogens is 154 g/mol. The molecule has 1 heterocycles. The molecule has 12 heavy (non-hydrogen) atoms. The Bertz CT molecular complexity index is 323. The van der Waals surface area contributed by atoms with E-state index in [4.69, 9.17) is 12.2 Å². The van der Waals surface area contributed by atoms with Crippen LogP contribution in [0.25, 0.3) is 0 Å². The van der Waals surface area contributed by atoms with Gasteiger partial charge in [-0.05, 0) is 12.1 Å². The molecule has 4 heteroatoms. The van der Waals surface area contributed by atoms with Crippen LogP contribution in [0.5, 0.6) is 0 Å². The minimum atomic E-state index is -0.620. The highest BCUT2D eigenvalue weighted by atomic mass is 16.2. The molecule has 0 aliphatic heterocycles. The topological polar surface area (TPSA) is 68.0 Å². The molecule has 0 atom stereocenters. The first-order valence-electron chi connectivity index (χ1n) is 3.21. The number of primary amides is 1. The summed E-state index contributed by atoms with van der Waals surface area (Å²) in [5.41, 5.74) is 5.92. The molecule has 0 bridgehead atoms. The van der Waals surface area contributed by atoms with E-state index < -0.39 is 6.03 Å². The van der Waals surface area contributed by atoms with Gasteiger partial charge < -0.3 is 11.1 Å². The molecule has 2 amide bonds. The van der Waals surface area contributed by atoms with Crippen LogP contribution in [0.2, 0.25) is 0 Å². The summed E-state index contributed by atoms with van der Waals surface area (Å²) in [5.74, 6) is 2.35. The van der Waals surface area contributed by atoms with Gasteiger partial charge in [0.15, 0.2) is 0 Å². The van der Waals surface area contributed by atoms with Crippen molar-refractivity contribution in [3.05, 3.63) is 24.0 Å². The van der Waals surface area contributed by atoms with Crippen molar-refractivity contribution in [1.82, 2.24) is 4.98 Å². The van der Waals surface area contributed by atoms with Gasteiger partial charge in [0, 0.05) is 0 Å². The Balaban J connectivity index is 2.80. The molecule has 0 saturated carbocycles. The number of hydrogen-bond acceptors (Lipinski definition) is 2. The number of urea groups is 1. The van der Waals surface area contributed by atoms with Crippen LogP contribution >= 0.6 is 0 Å². The van der Waals surface area contributed by atoms with Gasteiger partial charge >= 0.3 is 6.03 Å². The van der Waals surface area contributed by atoms with Gasteiger partial charge in [0.05, 0.1) is 11.9 Å². The van der Waals surface area contributed by atoms with Crippen LogP contribution in [0.15, 0.2) is 18.3 Å². The first kappa shape index (κ1) is 8.08. The summed E-state index contributed by atoms with van der Waals surface area (Å²) >= 11 is 0. The van der Waals surface area contributed by atoms with Crippen LogP contribution in [-0.2, 0) is 0 Å². The number of nitrogens with one attached hydrogen (secondary N) is 1. The number of terminal acetylenes is 1. The number of nitrogens with two attached hydrogens (primary N) is 1. The summed E-state index contributed by atoms with van der Waals surface area (Å²) in [5, 5.41) is 2.36. The summed E-state index contributed by atoms with van der Waals surface area (Å²) < 4.78 is 0. The Morgan fingerprint density at radius 2 is 2.42 bits per heavy atom. The molecule has 1 aromatic heterocycles. The molecule has 0 unspecified atom stereocenters. The molecule has 3 N–H and O–H groups in total. The number of amides is 2. The number of carbonyl (C=O) groups is 1. The van der Waals surface area contributed by atoms with E-state index in [1.165, 1.54) is 6.20 Å². The van der Waals surface area contributed by atoms with Crippen molar-refractivity contribution in [1.29, 1.82) is 0 Å². The Morgan fingerprint density at radius 3 is 2.83 bits per heavy atom. The van der Waals surface area contributed by atoms with Crippen molar-refractivity contribution in [2.24, 2.45) is 5.73 Å². The van der Waals surface area contributed by atoms with Crippen LogP contribution in [0.4, 0.5) is 10.5 Å². The van der Waals surface area contributed by atoms with Crippen molar-refractivity contribution in [3.63, 3.8) is 0 Å². The lowest BCUT2D eigenvalue weighted by Gasteiger charge is -1.99. The predicted octanol–water partition coefficient (Wildman–Crippen LogP) is 0.554. The molecule has 0 radical (unpaired) electrons. The summed E-state index contributed by atoms with van der Waals surface area (Å²) in [6, 6.07) is 2.63. The zero-order chi connectivity index (χ0) is 8.97. The Hall–Kier alpha value is -2.02. The second kappa shape index (κ2) is 3.39. The van der Waals surface area contributed by atoms with E-state index in [0.29, 0.717) is 11.4 Å². The second-order valence-electron chi connectivity index (χ2n) is 2.07. The summed E-state index contributed by atoms with van der Waals surface area (Å²) in [4.78, 5) is 14.2. The number of pyridine rings is 1. The predicted molar refractivity (Wildman–Crippen MR) is 45.4 cm³/mol. The molecule has 0 spiro atoms. The molecule has 0 aromatic carbocycles. The highest BCUT2D eigenvalue weighted by Gasteiger charge is 1.94. The van der Waals surface area contributed by atoms with Crippen LogP contribution in [-0.4, -0.2) is 11.0 Å². The lowest BCUT2D eigenvalue weighted by atomic mass is 10.3. The molecule has 1 aromatic rings. The maximum Gasteiger partial charge on any atom is 0.316 e. The Labute approximate surface area is 69.8 Å². The molecule has 0 aliphatic carbocycles. The third-order valence-electron chi connectivity index (χ3n) is 1.18. The van der Waals surface area contributed by atoms with Crippen LogP contribution < -0.4 is 11.1 Å². The van der Waals surface area contributed by atoms with Crippen molar-refractivity contribution in [3.8, 4) is 12.3 Å². The molecule has 4 nitrogen and oxygen atoms in total. The summed E-state index contributed by atoms with van der Waals surface area (Å²) in [6.07, 6.45) is 6.52. The molecular formula is C8H7N3O. The van der Waals surface area contributed by atoms with Gasteiger partial charge in [-0.15, -0.1) is 6.42 Å². The monoisotopic (exact) mass is 161 g/mol. The minimum absolute atomic E-state index is 0.519. The van der Waals surface area contributed by atoms with Crippen molar-refractivity contribution >= 4 is 11.7 Å². The van der Waals surface area contributed by atoms with Gasteiger partial charge in [-0.3, -0.25) is 0 Å². The highest BCUT2D eigenvalue weighted by Crippen LogP contribution is 2.04. The molecule has 60 valence electrons. The van der Waals surface area contributed by atoms with Crippen LogP contribution in [0.3, 0.4) is 0 Å². The number of hydrogen-bond donors (Lipinski definition) is 2. The number of aromatic nitrogens is 1.